The van der Waals surface area contributed by atoms with Crippen LogP contribution in [0, 0.1) is 5.82 Å². The van der Waals surface area contributed by atoms with E-state index in [9.17, 15) is 9.18 Å². The number of benzene rings is 2. The van der Waals surface area contributed by atoms with Gasteiger partial charge in [-0.15, -0.1) is 0 Å². The molecule has 26 heavy (non-hydrogen) atoms. The summed E-state index contributed by atoms with van der Waals surface area (Å²) in [7, 11) is 3.69. The normalized spacial score (nSPS) is 20.6. The topological polar surface area (TPSA) is 49.2 Å². The summed E-state index contributed by atoms with van der Waals surface area (Å²) in [5.74, 6) is 1.61. The number of rotatable bonds is 4. The van der Waals surface area contributed by atoms with Crippen LogP contribution in [-0.2, 0) is 6.42 Å². The van der Waals surface area contributed by atoms with Crippen LogP contribution in [0.25, 0.3) is 0 Å². The average molecular weight is 358 g/mol. The number of carbonyl (C=O) groups excluding carboxylic acids is 1. The third-order valence-corrected chi connectivity index (χ3v) is 5.24. The van der Waals surface area contributed by atoms with Crippen molar-refractivity contribution in [3.05, 3.63) is 52.8 Å². The molecule has 1 unspecified atom stereocenters. The molecule has 4 rings (SSSR count). The standard InChI is InChI=1S/C20H20FNO4/c1-22-8-7-13-9-17-19(26-11-25-17)20(24-2)18(13)15(22)10-16(23)12-3-5-14(21)6-4-12/h3-6,9,15H,7-8,10-11H2,1-2H3/p+1/t15-/m1/s1. The van der Waals surface area contributed by atoms with Crippen LogP contribution in [0.4, 0.5) is 4.39 Å². The predicted octanol–water partition coefficient (Wildman–Crippen LogP) is 1.95. The van der Waals surface area contributed by atoms with E-state index < -0.39 is 0 Å². The smallest absolute Gasteiger partial charge is 0.231 e. The molecule has 2 aromatic carbocycles. The lowest BCUT2D eigenvalue weighted by Crippen LogP contribution is -3.10. The van der Waals surface area contributed by atoms with Crippen LogP contribution < -0.4 is 19.1 Å². The van der Waals surface area contributed by atoms with Gasteiger partial charge in [0.15, 0.2) is 17.3 Å². The van der Waals surface area contributed by atoms with Gasteiger partial charge in [0.1, 0.15) is 11.9 Å². The van der Waals surface area contributed by atoms with Crippen molar-refractivity contribution in [3.8, 4) is 17.2 Å². The Balaban J connectivity index is 1.71. The lowest BCUT2D eigenvalue weighted by atomic mass is 9.87. The molecule has 2 atom stereocenters. The van der Waals surface area contributed by atoms with Crippen molar-refractivity contribution in [1.29, 1.82) is 0 Å². The van der Waals surface area contributed by atoms with E-state index in [1.807, 2.05) is 6.07 Å². The van der Waals surface area contributed by atoms with Crippen LogP contribution >= 0.6 is 0 Å². The van der Waals surface area contributed by atoms with Crippen molar-refractivity contribution >= 4 is 5.78 Å². The third kappa shape index (κ3) is 2.80. The Morgan fingerprint density at radius 2 is 2.08 bits per heavy atom. The second-order valence-corrected chi connectivity index (χ2v) is 6.75. The number of ketones is 1. The molecule has 2 aliphatic rings. The Hall–Kier alpha value is -2.60. The second-order valence-electron chi connectivity index (χ2n) is 6.75. The highest BCUT2D eigenvalue weighted by Crippen LogP contribution is 2.47. The van der Waals surface area contributed by atoms with Gasteiger partial charge in [-0.1, -0.05) is 0 Å². The van der Waals surface area contributed by atoms with Gasteiger partial charge in [0.2, 0.25) is 12.5 Å². The number of likely N-dealkylation sites (N-methyl/N-ethyl adjacent to an activating group) is 1. The zero-order chi connectivity index (χ0) is 18.3. The molecule has 0 radical (unpaired) electrons. The number of hydrogen-bond acceptors (Lipinski definition) is 4. The number of carbonyl (C=O) groups is 1. The van der Waals surface area contributed by atoms with E-state index in [4.69, 9.17) is 14.2 Å². The van der Waals surface area contributed by atoms with Gasteiger partial charge < -0.3 is 19.1 Å². The summed E-state index contributed by atoms with van der Waals surface area (Å²) in [6.07, 6.45) is 1.20. The fraction of sp³-hybridized carbons (Fsp3) is 0.350. The highest BCUT2D eigenvalue weighted by Gasteiger charge is 2.37. The molecular formula is C20H21FNO4+. The summed E-state index contributed by atoms with van der Waals surface area (Å²) in [5.41, 5.74) is 2.66. The second kappa shape index (κ2) is 6.61. The van der Waals surface area contributed by atoms with Gasteiger partial charge in [-0.05, 0) is 35.9 Å². The summed E-state index contributed by atoms with van der Waals surface area (Å²) >= 11 is 0. The molecule has 5 nitrogen and oxygen atoms in total. The maximum Gasteiger partial charge on any atom is 0.231 e. The number of halogens is 1. The minimum Gasteiger partial charge on any atom is -0.492 e. The molecule has 0 fully saturated rings. The Bertz CT molecular complexity index is 850. The number of hydrogen-bond donors (Lipinski definition) is 1. The van der Waals surface area contributed by atoms with Crippen molar-refractivity contribution in [2.75, 3.05) is 27.5 Å². The van der Waals surface area contributed by atoms with Crippen LogP contribution in [0.5, 0.6) is 17.2 Å². The molecule has 2 aromatic rings. The van der Waals surface area contributed by atoms with Crippen LogP contribution in [0.1, 0.15) is 33.9 Å². The third-order valence-electron chi connectivity index (χ3n) is 5.24. The van der Waals surface area contributed by atoms with Crippen LogP contribution in [-0.4, -0.2) is 33.3 Å². The minimum atomic E-state index is -0.346. The molecule has 0 saturated heterocycles. The van der Waals surface area contributed by atoms with E-state index in [2.05, 4.69) is 7.05 Å². The first-order chi connectivity index (χ1) is 12.6. The van der Waals surface area contributed by atoms with Crippen LogP contribution in [0.3, 0.4) is 0 Å². The van der Waals surface area contributed by atoms with Crippen molar-refractivity contribution in [3.63, 3.8) is 0 Å². The molecular weight excluding hydrogens is 337 g/mol. The van der Waals surface area contributed by atoms with Crippen LogP contribution in [0.2, 0.25) is 0 Å². The summed E-state index contributed by atoms with van der Waals surface area (Å²) in [5, 5.41) is 0. The number of methoxy groups -OCH3 is 1. The Morgan fingerprint density at radius 1 is 1.31 bits per heavy atom. The van der Waals surface area contributed by atoms with E-state index in [1.54, 1.807) is 7.11 Å². The maximum absolute atomic E-state index is 13.1. The Kier molecular flexibility index (Phi) is 4.28. The maximum atomic E-state index is 13.1. The number of ether oxygens (including phenoxy) is 3. The highest BCUT2D eigenvalue weighted by molar-refractivity contribution is 5.96. The van der Waals surface area contributed by atoms with E-state index in [0.717, 1.165) is 24.1 Å². The number of quaternary nitrogens is 1. The molecule has 6 heteroatoms. The quantitative estimate of drug-likeness (QED) is 0.849. The molecule has 0 bridgehead atoms. The van der Waals surface area contributed by atoms with Crippen molar-refractivity contribution < 1.29 is 28.3 Å². The molecule has 0 spiro atoms. The van der Waals surface area contributed by atoms with Gasteiger partial charge in [0.25, 0.3) is 0 Å². The number of fused-ring (bicyclic) bond motifs is 2. The van der Waals surface area contributed by atoms with Crippen LogP contribution in [0.15, 0.2) is 30.3 Å². The molecule has 136 valence electrons. The zero-order valence-corrected chi connectivity index (χ0v) is 14.8. The highest BCUT2D eigenvalue weighted by atomic mass is 19.1. The molecule has 0 aromatic heterocycles. The fourth-order valence-electron chi connectivity index (χ4n) is 3.84. The molecule has 2 heterocycles. The zero-order valence-electron chi connectivity index (χ0n) is 14.8. The molecule has 0 saturated carbocycles. The largest absolute Gasteiger partial charge is 0.492 e. The van der Waals surface area contributed by atoms with Crippen molar-refractivity contribution in [2.24, 2.45) is 0 Å². The Labute approximate surface area is 151 Å². The fourth-order valence-corrected chi connectivity index (χ4v) is 3.84. The van der Waals surface area contributed by atoms with Gasteiger partial charge in [0.05, 0.1) is 32.7 Å². The lowest BCUT2D eigenvalue weighted by Gasteiger charge is -2.32. The number of Topliss-reactive ketones (excluding diaryl/α,β-unsaturated/α-hetero) is 1. The van der Waals surface area contributed by atoms with Gasteiger partial charge in [-0.3, -0.25) is 4.79 Å². The lowest BCUT2D eigenvalue weighted by molar-refractivity contribution is -0.913. The van der Waals surface area contributed by atoms with Gasteiger partial charge in [-0.25, -0.2) is 4.39 Å². The predicted molar refractivity (Wildman–Crippen MR) is 92.7 cm³/mol. The summed E-state index contributed by atoms with van der Waals surface area (Å²) < 4.78 is 29.9. The average Bonchev–Trinajstić information content (AvgIpc) is 3.11. The first-order valence-electron chi connectivity index (χ1n) is 8.69. The molecule has 0 amide bonds. The SMILES string of the molecule is COc1c2c(cc3c1[C@@H](CC(=O)c1ccc(F)cc1)[NH+](C)CC3)OCO2. The van der Waals surface area contributed by atoms with Gasteiger partial charge in [0, 0.05) is 12.0 Å². The van der Waals surface area contributed by atoms with Gasteiger partial charge >= 0.3 is 0 Å². The van der Waals surface area contributed by atoms with Gasteiger partial charge in [-0.2, -0.15) is 0 Å². The summed E-state index contributed by atoms with van der Waals surface area (Å²) in [6, 6.07) is 7.65. The molecule has 0 aliphatic carbocycles. The molecule has 1 N–H and O–H groups in total. The monoisotopic (exact) mass is 358 g/mol. The first kappa shape index (κ1) is 16.8. The van der Waals surface area contributed by atoms with E-state index in [-0.39, 0.29) is 24.4 Å². The molecule has 2 aliphatic heterocycles. The van der Waals surface area contributed by atoms with E-state index in [1.165, 1.54) is 29.2 Å². The van der Waals surface area contributed by atoms with E-state index in [0.29, 0.717) is 29.2 Å². The van der Waals surface area contributed by atoms with Crippen molar-refractivity contribution in [2.45, 2.75) is 18.9 Å². The van der Waals surface area contributed by atoms with E-state index >= 15 is 0 Å². The van der Waals surface area contributed by atoms with Crippen molar-refractivity contribution in [1.82, 2.24) is 0 Å². The summed E-state index contributed by atoms with van der Waals surface area (Å²) in [4.78, 5) is 14.0. The minimum absolute atomic E-state index is 0.0121. The first-order valence-corrected chi connectivity index (χ1v) is 8.69. The number of nitrogens with one attached hydrogen (secondary N) is 1. The summed E-state index contributed by atoms with van der Waals surface area (Å²) in [6.45, 7) is 1.09. The Morgan fingerprint density at radius 3 is 2.81 bits per heavy atom.